The first-order valence-corrected chi connectivity index (χ1v) is 7.41. The van der Waals surface area contributed by atoms with Crippen LogP contribution in [-0.4, -0.2) is 6.29 Å². The van der Waals surface area contributed by atoms with Crippen LogP contribution in [0.2, 0.25) is 0 Å². The number of hydrogen-bond acceptors (Lipinski definition) is 2. The summed E-state index contributed by atoms with van der Waals surface area (Å²) in [5.41, 5.74) is 3.01. The molecular formula is C21H16O2. The summed E-state index contributed by atoms with van der Waals surface area (Å²) in [4.78, 5) is 10.4. The Kier molecular flexibility index (Phi) is 4.65. The van der Waals surface area contributed by atoms with Gasteiger partial charge in [0, 0.05) is 11.1 Å². The lowest BCUT2D eigenvalue weighted by Crippen LogP contribution is -1.99. The van der Waals surface area contributed by atoms with Gasteiger partial charge in [-0.25, -0.2) is 0 Å². The minimum absolute atomic E-state index is 0.764. The molecule has 2 heteroatoms. The standard InChI is InChI=1S/C21H16O2/c22-14-8-7-9-17-15-20(18-10-3-1-4-11-18)23-21(16-17)19-12-5-2-6-13-19/h1-16H/b8-7+. The van der Waals surface area contributed by atoms with Crippen LogP contribution in [-0.2, 0) is 9.53 Å². The Hall–Kier alpha value is -3.13. The zero-order valence-electron chi connectivity index (χ0n) is 12.6. The van der Waals surface area contributed by atoms with E-state index in [0.717, 1.165) is 34.5 Å². The van der Waals surface area contributed by atoms with Gasteiger partial charge in [-0.05, 0) is 23.8 Å². The van der Waals surface area contributed by atoms with Crippen molar-refractivity contribution in [1.82, 2.24) is 0 Å². The number of carbonyl (C=O) groups excluding carboxylic acids is 1. The fraction of sp³-hybridized carbons (Fsp3) is 0. The molecule has 2 aromatic rings. The van der Waals surface area contributed by atoms with Gasteiger partial charge in [0.1, 0.15) is 17.8 Å². The summed E-state index contributed by atoms with van der Waals surface area (Å²) >= 11 is 0. The molecule has 1 aliphatic heterocycles. The molecule has 0 fully saturated rings. The van der Waals surface area contributed by atoms with Crippen molar-refractivity contribution >= 4 is 17.8 Å². The van der Waals surface area contributed by atoms with Crippen LogP contribution in [0.1, 0.15) is 11.1 Å². The molecule has 1 aliphatic rings. The molecule has 0 radical (unpaired) electrons. The topological polar surface area (TPSA) is 26.3 Å². The van der Waals surface area contributed by atoms with Crippen molar-refractivity contribution in [2.24, 2.45) is 0 Å². The fourth-order valence-electron chi connectivity index (χ4n) is 2.32. The van der Waals surface area contributed by atoms with Crippen molar-refractivity contribution in [2.45, 2.75) is 0 Å². The van der Waals surface area contributed by atoms with Crippen molar-refractivity contribution in [3.63, 3.8) is 0 Å². The highest BCUT2D eigenvalue weighted by Gasteiger charge is 2.14. The van der Waals surface area contributed by atoms with Gasteiger partial charge in [0.05, 0.1) is 0 Å². The molecule has 1 heterocycles. The maximum Gasteiger partial charge on any atom is 0.142 e. The van der Waals surface area contributed by atoms with E-state index in [-0.39, 0.29) is 0 Å². The Morgan fingerprint density at radius 2 is 1.22 bits per heavy atom. The molecule has 0 bridgehead atoms. The molecule has 0 aromatic heterocycles. The molecule has 0 aliphatic carbocycles. The van der Waals surface area contributed by atoms with Gasteiger partial charge in [0.25, 0.3) is 0 Å². The van der Waals surface area contributed by atoms with Gasteiger partial charge in [-0.3, -0.25) is 4.79 Å². The fourth-order valence-corrected chi connectivity index (χ4v) is 2.32. The maximum absolute atomic E-state index is 10.4. The van der Waals surface area contributed by atoms with E-state index in [4.69, 9.17) is 4.74 Å². The molecule has 0 amide bonds. The highest BCUT2D eigenvalue weighted by Crippen LogP contribution is 2.31. The van der Waals surface area contributed by atoms with Crippen LogP contribution in [0.3, 0.4) is 0 Å². The molecule has 0 N–H and O–H groups in total. The van der Waals surface area contributed by atoms with E-state index in [1.54, 1.807) is 6.08 Å². The molecule has 2 aromatic carbocycles. The largest absolute Gasteiger partial charge is 0.456 e. The van der Waals surface area contributed by atoms with Crippen molar-refractivity contribution < 1.29 is 9.53 Å². The third kappa shape index (κ3) is 3.74. The Bertz CT molecular complexity index is 737. The predicted octanol–water partition coefficient (Wildman–Crippen LogP) is 4.78. The summed E-state index contributed by atoms with van der Waals surface area (Å²) in [5.74, 6) is 1.58. The molecule has 2 nitrogen and oxygen atoms in total. The van der Waals surface area contributed by atoms with E-state index in [2.05, 4.69) is 0 Å². The van der Waals surface area contributed by atoms with Gasteiger partial charge in [-0.1, -0.05) is 72.8 Å². The van der Waals surface area contributed by atoms with E-state index >= 15 is 0 Å². The molecule has 0 atom stereocenters. The van der Waals surface area contributed by atoms with Gasteiger partial charge in [0.15, 0.2) is 0 Å². The van der Waals surface area contributed by atoms with Crippen molar-refractivity contribution in [3.05, 3.63) is 108 Å². The second kappa shape index (κ2) is 7.23. The van der Waals surface area contributed by atoms with E-state index in [1.807, 2.05) is 78.9 Å². The molecule has 0 saturated heterocycles. The SMILES string of the molecule is O=C/C=C/C=C1C=C(c2ccccc2)OC(c2ccccc2)=C1. The third-order valence-electron chi connectivity index (χ3n) is 3.41. The molecular weight excluding hydrogens is 284 g/mol. The van der Waals surface area contributed by atoms with Gasteiger partial charge < -0.3 is 4.74 Å². The zero-order chi connectivity index (χ0) is 15.9. The van der Waals surface area contributed by atoms with Gasteiger partial charge in [-0.15, -0.1) is 0 Å². The van der Waals surface area contributed by atoms with E-state index in [9.17, 15) is 4.79 Å². The van der Waals surface area contributed by atoms with E-state index in [1.165, 1.54) is 6.08 Å². The third-order valence-corrected chi connectivity index (χ3v) is 3.41. The summed E-state index contributed by atoms with van der Waals surface area (Å²) in [6.07, 6.45) is 9.79. The minimum Gasteiger partial charge on any atom is -0.456 e. The van der Waals surface area contributed by atoms with Gasteiger partial charge >= 0.3 is 0 Å². The van der Waals surface area contributed by atoms with Crippen LogP contribution in [0.15, 0.2) is 96.6 Å². The summed E-state index contributed by atoms with van der Waals surface area (Å²) in [6.45, 7) is 0. The molecule has 0 spiro atoms. The highest BCUT2D eigenvalue weighted by molar-refractivity contribution is 5.77. The number of benzene rings is 2. The van der Waals surface area contributed by atoms with Gasteiger partial charge in [0.2, 0.25) is 0 Å². The quantitative estimate of drug-likeness (QED) is 0.600. The number of aldehydes is 1. The predicted molar refractivity (Wildman–Crippen MR) is 93.2 cm³/mol. The smallest absolute Gasteiger partial charge is 0.142 e. The van der Waals surface area contributed by atoms with Crippen molar-refractivity contribution in [2.75, 3.05) is 0 Å². The minimum atomic E-state index is 0.764. The first kappa shape index (κ1) is 14.8. The normalized spacial score (nSPS) is 14.0. The van der Waals surface area contributed by atoms with Gasteiger partial charge in [-0.2, -0.15) is 0 Å². The lowest BCUT2D eigenvalue weighted by molar-refractivity contribution is -0.104. The Balaban J connectivity index is 2.00. The van der Waals surface area contributed by atoms with Crippen LogP contribution in [0.25, 0.3) is 11.5 Å². The molecule has 3 rings (SSSR count). The highest BCUT2D eigenvalue weighted by atomic mass is 16.5. The van der Waals surface area contributed by atoms with Crippen LogP contribution >= 0.6 is 0 Å². The van der Waals surface area contributed by atoms with Crippen molar-refractivity contribution in [1.29, 1.82) is 0 Å². The Morgan fingerprint density at radius 1 is 0.696 bits per heavy atom. The molecule has 0 saturated carbocycles. The van der Waals surface area contributed by atoms with Crippen LogP contribution in [0, 0.1) is 0 Å². The first-order chi connectivity index (χ1) is 11.4. The van der Waals surface area contributed by atoms with E-state index < -0.39 is 0 Å². The number of rotatable bonds is 4. The van der Waals surface area contributed by atoms with Crippen LogP contribution in [0.4, 0.5) is 0 Å². The number of allylic oxidation sites excluding steroid dienone is 6. The monoisotopic (exact) mass is 300 g/mol. The van der Waals surface area contributed by atoms with Crippen LogP contribution < -0.4 is 0 Å². The van der Waals surface area contributed by atoms with Crippen molar-refractivity contribution in [3.8, 4) is 0 Å². The zero-order valence-corrected chi connectivity index (χ0v) is 12.6. The number of ether oxygens (including phenoxy) is 1. The Morgan fingerprint density at radius 3 is 1.70 bits per heavy atom. The number of carbonyl (C=O) groups is 1. The van der Waals surface area contributed by atoms with Crippen LogP contribution in [0.5, 0.6) is 0 Å². The number of hydrogen-bond donors (Lipinski definition) is 0. The second-order valence-electron chi connectivity index (χ2n) is 5.04. The summed E-state index contributed by atoms with van der Waals surface area (Å²) < 4.78 is 6.08. The average molecular weight is 300 g/mol. The Labute approximate surface area is 135 Å². The summed E-state index contributed by atoms with van der Waals surface area (Å²) in [6, 6.07) is 19.9. The second-order valence-corrected chi connectivity index (χ2v) is 5.04. The molecule has 112 valence electrons. The lowest BCUT2D eigenvalue weighted by atomic mass is 10.0. The first-order valence-electron chi connectivity index (χ1n) is 7.41. The molecule has 23 heavy (non-hydrogen) atoms. The molecule has 0 unspecified atom stereocenters. The maximum atomic E-state index is 10.4. The van der Waals surface area contributed by atoms with E-state index in [0.29, 0.717) is 0 Å². The summed E-state index contributed by atoms with van der Waals surface area (Å²) in [5, 5.41) is 0. The average Bonchev–Trinajstić information content (AvgIpc) is 2.63. The lowest BCUT2D eigenvalue weighted by Gasteiger charge is -2.18. The summed E-state index contributed by atoms with van der Waals surface area (Å²) in [7, 11) is 0.